The molecular weight excluding hydrogens is 230 g/mol. The Labute approximate surface area is 116 Å². The van der Waals surface area contributed by atoms with Crippen LogP contribution in [-0.4, -0.2) is 0 Å². The fourth-order valence-electron chi connectivity index (χ4n) is 2.26. The third kappa shape index (κ3) is 4.13. The summed E-state index contributed by atoms with van der Waals surface area (Å²) in [6.07, 6.45) is 3.87. The Bertz CT molecular complexity index is 473. The third-order valence-corrected chi connectivity index (χ3v) is 3.53. The molecule has 0 amide bonds. The minimum absolute atomic E-state index is 0.658. The smallest absolute Gasteiger partial charge is 0.0384 e. The Morgan fingerprint density at radius 3 is 2.16 bits per heavy atom. The number of hydrogen-bond donors (Lipinski definition) is 1. The molecule has 2 rings (SSSR count). The molecule has 0 bridgehead atoms. The zero-order chi connectivity index (χ0) is 13.5. The summed E-state index contributed by atoms with van der Waals surface area (Å²) in [6.45, 7) is 4.56. The van der Waals surface area contributed by atoms with E-state index in [9.17, 15) is 0 Å². The molecule has 2 aromatic rings. The lowest BCUT2D eigenvalue weighted by Crippen LogP contribution is -1.95. The number of rotatable bonds is 6. The highest BCUT2D eigenvalue weighted by Gasteiger charge is 2.04. The Morgan fingerprint density at radius 2 is 1.53 bits per heavy atom. The summed E-state index contributed by atoms with van der Waals surface area (Å²) in [5.74, 6) is 0.658. The maximum absolute atomic E-state index is 3.41. The van der Waals surface area contributed by atoms with Crippen molar-refractivity contribution in [3.05, 3.63) is 60.2 Å². The van der Waals surface area contributed by atoms with E-state index in [4.69, 9.17) is 0 Å². The fourth-order valence-corrected chi connectivity index (χ4v) is 2.26. The lowest BCUT2D eigenvalue weighted by Gasteiger charge is -2.12. The average molecular weight is 253 g/mol. The number of hydrogen-bond acceptors (Lipinski definition) is 1. The van der Waals surface area contributed by atoms with Gasteiger partial charge in [0.2, 0.25) is 0 Å². The fraction of sp³-hybridized carbons (Fsp3) is 0.333. The summed E-state index contributed by atoms with van der Waals surface area (Å²) < 4.78 is 0. The maximum atomic E-state index is 3.41. The second-order valence-corrected chi connectivity index (χ2v) is 5.16. The molecule has 0 aliphatic heterocycles. The molecular formula is C18H23N. The Balaban J connectivity index is 1.98. The Kier molecular flexibility index (Phi) is 5.02. The minimum Gasteiger partial charge on any atom is -0.356 e. The van der Waals surface area contributed by atoms with E-state index >= 15 is 0 Å². The van der Waals surface area contributed by atoms with Gasteiger partial charge in [0.05, 0.1) is 0 Å². The van der Waals surface area contributed by atoms with Crippen LogP contribution in [0, 0.1) is 0 Å². The molecule has 0 aliphatic rings. The van der Waals surface area contributed by atoms with E-state index in [1.54, 1.807) is 0 Å². The summed E-state index contributed by atoms with van der Waals surface area (Å²) in [5.41, 5.74) is 3.72. The zero-order valence-corrected chi connectivity index (χ0v) is 11.9. The van der Waals surface area contributed by atoms with E-state index in [0.29, 0.717) is 5.92 Å². The van der Waals surface area contributed by atoms with Crippen molar-refractivity contribution >= 4 is 11.4 Å². The highest BCUT2D eigenvalue weighted by atomic mass is 14.9. The van der Waals surface area contributed by atoms with Crippen LogP contribution in [0.25, 0.3) is 0 Å². The molecule has 0 fully saturated rings. The lowest BCUT2D eigenvalue weighted by molar-refractivity contribution is 0.624. The second-order valence-electron chi connectivity index (χ2n) is 5.16. The first-order valence-electron chi connectivity index (χ1n) is 7.21. The van der Waals surface area contributed by atoms with Crippen molar-refractivity contribution in [2.24, 2.45) is 0 Å². The van der Waals surface area contributed by atoms with Crippen LogP contribution in [-0.2, 0) is 0 Å². The molecule has 0 aliphatic carbocycles. The second kappa shape index (κ2) is 6.98. The summed E-state index contributed by atoms with van der Waals surface area (Å²) in [6, 6.07) is 19.1. The molecule has 0 aromatic heterocycles. The van der Waals surface area contributed by atoms with Crippen LogP contribution in [0.3, 0.4) is 0 Å². The summed E-state index contributed by atoms with van der Waals surface area (Å²) in [5, 5.41) is 3.41. The first kappa shape index (κ1) is 13.7. The predicted molar refractivity (Wildman–Crippen MR) is 84.1 cm³/mol. The van der Waals surface area contributed by atoms with Gasteiger partial charge in [0, 0.05) is 11.4 Å². The van der Waals surface area contributed by atoms with E-state index in [1.807, 2.05) is 18.2 Å². The van der Waals surface area contributed by atoms with Gasteiger partial charge in [-0.3, -0.25) is 0 Å². The Morgan fingerprint density at radius 1 is 0.895 bits per heavy atom. The number of nitrogens with one attached hydrogen (secondary N) is 1. The number of unbranched alkanes of at least 4 members (excludes halogenated alkanes) is 1. The quantitative estimate of drug-likeness (QED) is 0.693. The van der Waals surface area contributed by atoms with Gasteiger partial charge in [-0.1, -0.05) is 57.0 Å². The van der Waals surface area contributed by atoms with Crippen molar-refractivity contribution in [3.63, 3.8) is 0 Å². The number of benzene rings is 2. The molecule has 0 saturated heterocycles. The summed E-state index contributed by atoms with van der Waals surface area (Å²) in [4.78, 5) is 0. The third-order valence-electron chi connectivity index (χ3n) is 3.53. The molecule has 2 aromatic carbocycles. The molecule has 1 nitrogen and oxygen atoms in total. The van der Waals surface area contributed by atoms with Gasteiger partial charge in [-0.15, -0.1) is 0 Å². The van der Waals surface area contributed by atoms with Crippen molar-refractivity contribution < 1.29 is 0 Å². The van der Waals surface area contributed by atoms with Crippen LogP contribution in [0.4, 0.5) is 11.4 Å². The van der Waals surface area contributed by atoms with Crippen molar-refractivity contribution in [2.45, 2.75) is 39.0 Å². The van der Waals surface area contributed by atoms with Gasteiger partial charge in [0.15, 0.2) is 0 Å². The van der Waals surface area contributed by atoms with Gasteiger partial charge in [0.1, 0.15) is 0 Å². The van der Waals surface area contributed by atoms with Crippen LogP contribution < -0.4 is 5.32 Å². The molecule has 19 heavy (non-hydrogen) atoms. The monoisotopic (exact) mass is 253 g/mol. The lowest BCUT2D eigenvalue weighted by atomic mass is 9.95. The first-order valence-corrected chi connectivity index (χ1v) is 7.21. The van der Waals surface area contributed by atoms with Gasteiger partial charge in [-0.05, 0) is 42.2 Å². The van der Waals surface area contributed by atoms with Crippen LogP contribution >= 0.6 is 0 Å². The van der Waals surface area contributed by atoms with E-state index < -0.39 is 0 Å². The SMILES string of the molecule is CCCCC(C)c1ccc(Nc2ccccc2)cc1. The first-order chi connectivity index (χ1) is 9.29. The molecule has 1 unspecified atom stereocenters. The molecule has 0 radical (unpaired) electrons. The molecule has 1 heteroatoms. The largest absolute Gasteiger partial charge is 0.356 e. The van der Waals surface area contributed by atoms with E-state index in [-0.39, 0.29) is 0 Å². The number of anilines is 2. The minimum atomic E-state index is 0.658. The van der Waals surface area contributed by atoms with Crippen LogP contribution in [0.2, 0.25) is 0 Å². The van der Waals surface area contributed by atoms with Crippen LogP contribution in [0.5, 0.6) is 0 Å². The van der Waals surface area contributed by atoms with Gasteiger partial charge < -0.3 is 5.32 Å². The normalized spacial score (nSPS) is 12.1. The van der Waals surface area contributed by atoms with Gasteiger partial charge >= 0.3 is 0 Å². The predicted octanol–water partition coefficient (Wildman–Crippen LogP) is 5.72. The van der Waals surface area contributed by atoms with Gasteiger partial charge in [-0.2, -0.15) is 0 Å². The zero-order valence-electron chi connectivity index (χ0n) is 11.9. The standard InChI is InChI=1S/C18H23N/c1-3-4-8-15(2)16-11-13-18(14-12-16)19-17-9-6-5-7-10-17/h5-7,9-15,19H,3-4,8H2,1-2H3. The molecule has 1 N–H and O–H groups in total. The molecule has 0 saturated carbocycles. The van der Waals surface area contributed by atoms with Crippen molar-refractivity contribution in [1.82, 2.24) is 0 Å². The van der Waals surface area contributed by atoms with Gasteiger partial charge in [-0.25, -0.2) is 0 Å². The average Bonchev–Trinajstić information content (AvgIpc) is 2.46. The topological polar surface area (TPSA) is 12.0 Å². The number of para-hydroxylation sites is 1. The molecule has 100 valence electrons. The van der Waals surface area contributed by atoms with Crippen LogP contribution in [0.1, 0.15) is 44.6 Å². The highest BCUT2D eigenvalue weighted by molar-refractivity contribution is 5.59. The molecule has 0 heterocycles. The van der Waals surface area contributed by atoms with E-state index in [1.165, 1.54) is 24.8 Å². The highest BCUT2D eigenvalue weighted by Crippen LogP contribution is 2.24. The van der Waals surface area contributed by atoms with Crippen molar-refractivity contribution in [2.75, 3.05) is 5.32 Å². The molecule has 0 spiro atoms. The maximum Gasteiger partial charge on any atom is 0.0384 e. The van der Waals surface area contributed by atoms with Crippen LogP contribution in [0.15, 0.2) is 54.6 Å². The summed E-state index contributed by atoms with van der Waals surface area (Å²) in [7, 11) is 0. The van der Waals surface area contributed by atoms with Crippen molar-refractivity contribution in [3.8, 4) is 0 Å². The molecule has 1 atom stereocenters. The van der Waals surface area contributed by atoms with Crippen molar-refractivity contribution in [1.29, 1.82) is 0 Å². The summed E-state index contributed by atoms with van der Waals surface area (Å²) >= 11 is 0. The van der Waals surface area contributed by atoms with Gasteiger partial charge in [0.25, 0.3) is 0 Å². The Hall–Kier alpha value is -1.76. The van der Waals surface area contributed by atoms with E-state index in [2.05, 4.69) is 55.6 Å². The van der Waals surface area contributed by atoms with E-state index in [0.717, 1.165) is 11.4 Å².